The zero-order chi connectivity index (χ0) is 11.2. The van der Waals surface area contributed by atoms with Crippen LogP contribution in [0, 0.1) is 0 Å². The Hall–Kier alpha value is -2.11. The predicted molar refractivity (Wildman–Crippen MR) is 61.8 cm³/mol. The highest BCUT2D eigenvalue weighted by molar-refractivity contribution is 5.51. The molecule has 2 aromatic heterocycles. The molecular formula is C10H14N6. The van der Waals surface area contributed by atoms with E-state index in [-0.39, 0.29) is 0 Å². The van der Waals surface area contributed by atoms with Crippen LogP contribution in [0.25, 0.3) is 0 Å². The van der Waals surface area contributed by atoms with Crippen LogP contribution in [-0.2, 0) is 6.54 Å². The van der Waals surface area contributed by atoms with Gasteiger partial charge >= 0.3 is 0 Å². The zero-order valence-electron chi connectivity index (χ0n) is 8.87. The van der Waals surface area contributed by atoms with Crippen molar-refractivity contribution in [2.24, 2.45) is 0 Å². The van der Waals surface area contributed by atoms with Crippen LogP contribution in [0.1, 0.15) is 6.42 Å². The molecule has 0 aliphatic carbocycles. The minimum absolute atomic E-state index is 0.668. The summed E-state index contributed by atoms with van der Waals surface area (Å²) in [6.45, 7) is 1.70. The first-order chi connectivity index (χ1) is 7.84. The molecule has 6 heteroatoms. The summed E-state index contributed by atoms with van der Waals surface area (Å²) in [6.07, 6.45) is 7.88. The summed E-state index contributed by atoms with van der Waals surface area (Å²) in [5, 5.41) is 10.9. The van der Waals surface area contributed by atoms with Crippen molar-refractivity contribution in [1.82, 2.24) is 20.0 Å². The fourth-order valence-corrected chi connectivity index (χ4v) is 1.38. The normalized spacial score (nSPS) is 10.2. The Morgan fingerprint density at radius 2 is 2.31 bits per heavy atom. The second kappa shape index (κ2) is 5.11. The van der Waals surface area contributed by atoms with Crippen molar-refractivity contribution in [3.63, 3.8) is 0 Å². The summed E-state index contributed by atoms with van der Waals surface area (Å²) in [5.74, 6) is 0. The van der Waals surface area contributed by atoms with E-state index in [9.17, 15) is 0 Å². The Morgan fingerprint density at radius 1 is 1.38 bits per heavy atom. The Balaban J connectivity index is 1.72. The van der Waals surface area contributed by atoms with Crippen molar-refractivity contribution in [2.75, 3.05) is 17.6 Å². The number of nitrogens with zero attached hydrogens (tertiary/aromatic N) is 4. The number of hydrogen-bond donors (Lipinski definition) is 2. The van der Waals surface area contributed by atoms with Gasteiger partial charge in [0.05, 0.1) is 23.8 Å². The van der Waals surface area contributed by atoms with E-state index in [1.807, 2.05) is 12.3 Å². The largest absolute Gasteiger partial charge is 0.397 e. The first kappa shape index (κ1) is 10.4. The van der Waals surface area contributed by atoms with Crippen molar-refractivity contribution in [2.45, 2.75) is 13.0 Å². The molecule has 6 nitrogen and oxygen atoms in total. The zero-order valence-corrected chi connectivity index (χ0v) is 8.87. The fourth-order valence-electron chi connectivity index (χ4n) is 1.38. The van der Waals surface area contributed by atoms with Crippen molar-refractivity contribution in [1.29, 1.82) is 0 Å². The summed E-state index contributed by atoms with van der Waals surface area (Å²) in [4.78, 5) is 4.00. The third kappa shape index (κ3) is 2.94. The van der Waals surface area contributed by atoms with Gasteiger partial charge in [-0.2, -0.15) is 0 Å². The minimum Gasteiger partial charge on any atom is -0.397 e. The number of anilines is 2. The number of aryl methyl sites for hydroxylation is 1. The van der Waals surface area contributed by atoms with Gasteiger partial charge in [0.2, 0.25) is 0 Å². The number of hydrogen-bond acceptors (Lipinski definition) is 5. The lowest BCUT2D eigenvalue weighted by Crippen LogP contribution is -2.07. The van der Waals surface area contributed by atoms with Gasteiger partial charge in [-0.05, 0) is 12.5 Å². The molecule has 0 bridgehead atoms. The number of nitrogens with one attached hydrogen (secondary N) is 1. The van der Waals surface area contributed by atoms with E-state index in [0.29, 0.717) is 5.69 Å². The van der Waals surface area contributed by atoms with Gasteiger partial charge in [-0.3, -0.25) is 9.67 Å². The molecule has 0 fully saturated rings. The van der Waals surface area contributed by atoms with Gasteiger partial charge in [0.1, 0.15) is 0 Å². The molecule has 2 rings (SSSR count). The molecule has 16 heavy (non-hydrogen) atoms. The summed E-state index contributed by atoms with van der Waals surface area (Å²) in [5.41, 5.74) is 7.23. The molecule has 0 aliphatic rings. The first-order valence-corrected chi connectivity index (χ1v) is 5.13. The lowest BCUT2D eigenvalue weighted by Gasteiger charge is -2.06. The van der Waals surface area contributed by atoms with Gasteiger partial charge in [0.25, 0.3) is 0 Å². The number of rotatable bonds is 5. The van der Waals surface area contributed by atoms with Crippen LogP contribution >= 0.6 is 0 Å². The molecule has 2 aromatic rings. The lowest BCUT2D eigenvalue weighted by atomic mass is 10.3. The third-order valence-electron chi connectivity index (χ3n) is 2.12. The van der Waals surface area contributed by atoms with Crippen LogP contribution in [0.3, 0.4) is 0 Å². The van der Waals surface area contributed by atoms with Gasteiger partial charge in [-0.1, -0.05) is 5.21 Å². The Kier molecular flexibility index (Phi) is 3.32. The first-order valence-electron chi connectivity index (χ1n) is 5.13. The Labute approximate surface area is 93.5 Å². The molecule has 0 aromatic carbocycles. The lowest BCUT2D eigenvalue weighted by molar-refractivity contribution is 0.570. The Morgan fingerprint density at radius 3 is 3.06 bits per heavy atom. The van der Waals surface area contributed by atoms with Crippen LogP contribution in [0.4, 0.5) is 11.4 Å². The molecule has 0 saturated carbocycles. The second-order valence-electron chi connectivity index (χ2n) is 3.45. The van der Waals surface area contributed by atoms with E-state index in [1.54, 1.807) is 23.3 Å². The monoisotopic (exact) mass is 218 g/mol. The summed E-state index contributed by atoms with van der Waals surface area (Å²) in [7, 11) is 0. The number of aromatic nitrogens is 4. The predicted octanol–water partition coefficient (Wildman–Crippen LogP) is 0.757. The van der Waals surface area contributed by atoms with E-state index < -0.39 is 0 Å². The third-order valence-corrected chi connectivity index (χ3v) is 2.12. The maximum atomic E-state index is 5.62. The fraction of sp³-hybridized carbons (Fsp3) is 0.300. The average molecular weight is 218 g/mol. The summed E-state index contributed by atoms with van der Waals surface area (Å²) in [6, 6.07) is 1.86. The standard InChI is InChI=1S/C10H14N6/c11-9-6-10(8-12-7-9)13-2-1-4-16-5-3-14-15-16/h3,5-8,13H,1-2,4,11H2. The molecule has 0 atom stereocenters. The van der Waals surface area contributed by atoms with E-state index in [0.717, 1.165) is 25.2 Å². The van der Waals surface area contributed by atoms with Crippen LogP contribution in [0.5, 0.6) is 0 Å². The molecule has 0 amide bonds. The summed E-state index contributed by atoms with van der Waals surface area (Å²) >= 11 is 0. The maximum absolute atomic E-state index is 5.62. The number of nitrogen functional groups attached to an aromatic ring is 1. The van der Waals surface area contributed by atoms with Crippen LogP contribution in [0.15, 0.2) is 30.9 Å². The van der Waals surface area contributed by atoms with E-state index >= 15 is 0 Å². The van der Waals surface area contributed by atoms with Crippen molar-refractivity contribution in [3.05, 3.63) is 30.9 Å². The minimum atomic E-state index is 0.668. The molecular weight excluding hydrogens is 204 g/mol. The van der Waals surface area contributed by atoms with E-state index in [2.05, 4.69) is 20.6 Å². The molecule has 0 saturated heterocycles. The van der Waals surface area contributed by atoms with E-state index in [1.165, 1.54) is 0 Å². The van der Waals surface area contributed by atoms with Crippen LogP contribution in [-0.4, -0.2) is 26.5 Å². The highest BCUT2D eigenvalue weighted by Crippen LogP contribution is 2.08. The second-order valence-corrected chi connectivity index (χ2v) is 3.45. The van der Waals surface area contributed by atoms with E-state index in [4.69, 9.17) is 5.73 Å². The van der Waals surface area contributed by atoms with Gasteiger partial charge in [0, 0.05) is 25.5 Å². The highest BCUT2D eigenvalue weighted by Gasteiger charge is 1.94. The SMILES string of the molecule is Nc1cncc(NCCCn2ccnn2)c1. The molecule has 0 spiro atoms. The molecule has 3 N–H and O–H groups in total. The quantitative estimate of drug-likeness (QED) is 0.724. The van der Waals surface area contributed by atoms with Crippen LogP contribution in [0.2, 0.25) is 0 Å². The number of pyridine rings is 1. The smallest absolute Gasteiger partial charge is 0.0692 e. The average Bonchev–Trinajstić information content (AvgIpc) is 2.77. The molecule has 2 heterocycles. The molecule has 84 valence electrons. The van der Waals surface area contributed by atoms with Crippen molar-refractivity contribution >= 4 is 11.4 Å². The van der Waals surface area contributed by atoms with Crippen molar-refractivity contribution in [3.8, 4) is 0 Å². The molecule has 0 radical (unpaired) electrons. The highest BCUT2D eigenvalue weighted by atomic mass is 15.4. The molecule has 0 unspecified atom stereocenters. The topological polar surface area (TPSA) is 81.6 Å². The van der Waals surface area contributed by atoms with Gasteiger partial charge in [0.15, 0.2) is 0 Å². The van der Waals surface area contributed by atoms with Gasteiger partial charge in [-0.15, -0.1) is 5.10 Å². The summed E-state index contributed by atoms with van der Waals surface area (Å²) < 4.78 is 1.80. The van der Waals surface area contributed by atoms with Crippen molar-refractivity contribution < 1.29 is 0 Å². The number of nitrogens with two attached hydrogens (primary N) is 1. The molecule has 0 aliphatic heterocycles. The maximum Gasteiger partial charge on any atom is 0.0692 e. The van der Waals surface area contributed by atoms with Gasteiger partial charge < -0.3 is 11.1 Å². The Bertz CT molecular complexity index is 425. The van der Waals surface area contributed by atoms with Gasteiger partial charge in [-0.25, -0.2) is 0 Å². The van der Waals surface area contributed by atoms with Crippen LogP contribution < -0.4 is 11.1 Å².